The molecule has 1 aliphatic rings. The van der Waals surface area contributed by atoms with Gasteiger partial charge in [0.15, 0.2) is 0 Å². The van der Waals surface area contributed by atoms with Crippen molar-refractivity contribution >= 4 is 27.3 Å². The van der Waals surface area contributed by atoms with Gasteiger partial charge in [-0.25, -0.2) is 0 Å². The van der Waals surface area contributed by atoms with E-state index in [9.17, 15) is 0 Å². The molecule has 0 unspecified atom stereocenters. The van der Waals surface area contributed by atoms with Crippen molar-refractivity contribution in [3.8, 4) is 0 Å². The molecule has 0 atom stereocenters. The van der Waals surface area contributed by atoms with Crippen LogP contribution in [0.5, 0.6) is 0 Å². The van der Waals surface area contributed by atoms with Crippen molar-refractivity contribution in [2.24, 2.45) is 5.41 Å². The number of hydrogen-bond acceptors (Lipinski definition) is 3. The summed E-state index contributed by atoms with van der Waals surface area (Å²) in [6.07, 6.45) is 7.29. The van der Waals surface area contributed by atoms with E-state index < -0.39 is 0 Å². The molecule has 2 heterocycles. The van der Waals surface area contributed by atoms with E-state index in [-0.39, 0.29) is 0 Å². The van der Waals surface area contributed by atoms with Crippen LogP contribution in [0.4, 0.5) is 11.4 Å². The average molecular weight is 298 g/mol. The van der Waals surface area contributed by atoms with Gasteiger partial charge in [0.05, 0.1) is 22.0 Å². The third-order valence-electron chi connectivity index (χ3n) is 4.16. The van der Waals surface area contributed by atoms with Crippen LogP contribution < -0.4 is 10.6 Å². The summed E-state index contributed by atoms with van der Waals surface area (Å²) in [6.45, 7) is 6.78. The SMILES string of the molecule is CCC1(CC)CCN(c2c(N)cncc2Br)C1. The molecule has 17 heavy (non-hydrogen) atoms. The molecule has 0 bridgehead atoms. The minimum Gasteiger partial charge on any atom is -0.396 e. The Hall–Kier alpha value is -0.770. The second-order valence-corrected chi connectivity index (χ2v) is 5.79. The monoisotopic (exact) mass is 297 g/mol. The zero-order valence-corrected chi connectivity index (χ0v) is 12.1. The number of nitrogens with zero attached hydrogens (tertiary/aromatic N) is 2. The third-order valence-corrected chi connectivity index (χ3v) is 4.74. The molecule has 1 aromatic heterocycles. The third kappa shape index (κ3) is 2.28. The van der Waals surface area contributed by atoms with Crippen molar-refractivity contribution < 1.29 is 0 Å². The smallest absolute Gasteiger partial charge is 0.0776 e. The fraction of sp³-hybridized carbons (Fsp3) is 0.615. The van der Waals surface area contributed by atoms with E-state index in [1.54, 1.807) is 6.20 Å². The molecule has 4 heteroatoms. The van der Waals surface area contributed by atoms with Crippen molar-refractivity contribution in [1.29, 1.82) is 0 Å². The minimum absolute atomic E-state index is 0.467. The number of nitrogens with two attached hydrogens (primary N) is 1. The fourth-order valence-corrected chi connectivity index (χ4v) is 3.33. The zero-order chi connectivity index (χ0) is 12.5. The van der Waals surface area contributed by atoms with Crippen LogP contribution in [0.1, 0.15) is 33.1 Å². The van der Waals surface area contributed by atoms with Gasteiger partial charge in [-0.2, -0.15) is 0 Å². The second-order valence-electron chi connectivity index (χ2n) is 4.94. The van der Waals surface area contributed by atoms with Gasteiger partial charge in [0.2, 0.25) is 0 Å². The van der Waals surface area contributed by atoms with Gasteiger partial charge in [-0.1, -0.05) is 13.8 Å². The van der Waals surface area contributed by atoms with E-state index in [0.29, 0.717) is 5.41 Å². The van der Waals surface area contributed by atoms with E-state index in [4.69, 9.17) is 5.73 Å². The highest BCUT2D eigenvalue weighted by molar-refractivity contribution is 9.10. The van der Waals surface area contributed by atoms with Crippen LogP contribution in [0, 0.1) is 5.41 Å². The highest BCUT2D eigenvalue weighted by Gasteiger charge is 2.36. The molecule has 0 aliphatic carbocycles. The number of anilines is 2. The van der Waals surface area contributed by atoms with E-state index in [2.05, 4.69) is 39.7 Å². The predicted molar refractivity (Wildman–Crippen MR) is 76.2 cm³/mol. The standard InChI is InChI=1S/C13H20BrN3/c1-3-13(4-2)5-6-17(9-13)12-10(14)7-16-8-11(12)15/h7-8H,3-6,9,15H2,1-2H3. The van der Waals surface area contributed by atoms with Crippen LogP contribution in [0.3, 0.4) is 0 Å². The van der Waals surface area contributed by atoms with Crippen molar-refractivity contribution in [2.75, 3.05) is 23.7 Å². The largest absolute Gasteiger partial charge is 0.396 e. The van der Waals surface area contributed by atoms with E-state index in [1.807, 2.05) is 6.20 Å². The normalized spacial score (nSPS) is 18.6. The van der Waals surface area contributed by atoms with Gasteiger partial charge in [-0.3, -0.25) is 4.98 Å². The molecule has 0 spiro atoms. The van der Waals surface area contributed by atoms with Crippen molar-refractivity contribution in [1.82, 2.24) is 4.98 Å². The van der Waals surface area contributed by atoms with Crippen molar-refractivity contribution in [3.63, 3.8) is 0 Å². The summed E-state index contributed by atoms with van der Waals surface area (Å²) in [5.74, 6) is 0. The van der Waals surface area contributed by atoms with Crippen LogP contribution in [0.2, 0.25) is 0 Å². The van der Waals surface area contributed by atoms with Gasteiger partial charge >= 0.3 is 0 Å². The lowest BCUT2D eigenvalue weighted by Crippen LogP contribution is -2.27. The lowest BCUT2D eigenvalue weighted by atomic mass is 9.82. The van der Waals surface area contributed by atoms with E-state index in [1.165, 1.54) is 19.3 Å². The molecular weight excluding hydrogens is 278 g/mol. The number of aromatic nitrogens is 1. The van der Waals surface area contributed by atoms with Gasteiger partial charge in [0.25, 0.3) is 0 Å². The Morgan fingerprint density at radius 3 is 2.65 bits per heavy atom. The van der Waals surface area contributed by atoms with Gasteiger partial charge < -0.3 is 10.6 Å². The molecule has 2 N–H and O–H groups in total. The van der Waals surface area contributed by atoms with E-state index >= 15 is 0 Å². The maximum absolute atomic E-state index is 6.04. The lowest BCUT2D eigenvalue weighted by Gasteiger charge is -2.28. The fourth-order valence-electron chi connectivity index (χ4n) is 2.73. The summed E-state index contributed by atoms with van der Waals surface area (Å²) in [6, 6.07) is 0. The number of rotatable bonds is 3. The molecule has 1 aliphatic heterocycles. The summed E-state index contributed by atoms with van der Waals surface area (Å²) in [4.78, 5) is 6.49. The summed E-state index contributed by atoms with van der Waals surface area (Å²) >= 11 is 3.55. The number of pyridine rings is 1. The maximum Gasteiger partial charge on any atom is 0.0776 e. The molecule has 0 amide bonds. The number of hydrogen-bond donors (Lipinski definition) is 1. The molecule has 0 saturated carbocycles. The van der Waals surface area contributed by atoms with Crippen LogP contribution in [-0.2, 0) is 0 Å². The molecule has 3 nitrogen and oxygen atoms in total. The Morgan fingerprint density at radius 2 is 2.12 bits per heavy atom. The number of halogens is 1. The van der Waals surface area contributed by atoms with Crippen LogP contribution in [0.25, 0.3) is 0 Å². The Labute approximate surface area is 112 Å². The first kappa shape index (κ1) is 12.7. The molecule has 0 radical (unpaired) electrons. The van der Waals surface area contributed by atoms with Crippen molar-refractivity contribution in [2.45, 2.75) is 33.1 Å². The molecule has 94 valence electrons. The highest BCUT2D eigenvalue weighted by Crippen LogP contribution is 2.42. The van der Waals surface area contributed by atoms with Crippen LogP contribution in [0.15, 0.2) is 16.9 Å². The average Bonchev–Trinajstić information content (AvgIpc) is 2.74. The topological polar surface area (TPSA) is 42.1 Å². The number of nitrogen functional groups attached to an aromatic ring is 1. The summed E-state index contributed by atoms with van der Waals surface area (Å²) in [7, 11) is 0. The minimum atomic E-state index is 0.467. The van der Waals surface area contributed by atoms with Gasteiger partial charge in [0, 0.05) is 19.3 Å². The van der Waals surface area contributed by atoms with Crippen molar-refractivity contribution in [3.05, 3.63) is 16.9 Å². The molecule has 1 aromatic rings. The maximum atomic E-state index is 6.04. The van der Waals surface area contributed by atoms with Gasteiger partial charge in [-0.05, 0) is 40.6 Å². The van der Waals surface area contributed by atoms with Gasteiger partial charge in [-0.15, -0.1) is 0 Å². The molecule has 1 saturated heterocycles. The zero-order valence-electron chi connectivity index (χ0n) is 10.5. The first-order valence-corrected chi connectivity index (χ1v) is 7.05. The Bertz CT molecular complexity index is 381. The van der Waals surface area contributed by atoms with Gasteiger partial charge in [0.1, 0.15) is 0 Å². The Kier molecular flexibility index (Phi) is 3.61. The van der Waals surface area contributed by atoms with Crippen LogP contribution >= 0.6 is 15.9 Å². The summed E-state index contributed by atoms with van der Waals surface area (Å²) in [5.41, 5.74) is 8.39. The molecule has 2 rings (SSSR count). The molecule has 0 aromatic carbocycles. The van der Waals surface area contributed by atoms with E-state index in [0.717, 1.165) is 28.9 Å². The predicted octanol–water partition coefficient (Wildman–Crippen LogP) is 3.44. The molecule has 1 fully saturated rings. The summed E-state index contributed by atoms with van der Waals surface area (Å²) < 4.78 is 1.00. The Morgan fingerprint density at radius 1 is 1.41 bits per heavy atom. The Balaban J connectivity index is 2.26. The summed E-state index contributed by atoms with van der Waals surface area (Å²) in [5, 5.41) is 0. The first-order chi connectivity index (χ1) is 8.12. The lowest BCUT2D eigenvalue weighted by molar-refractivity contribution is 0.301. The molecular formula is C13H20BrN3. The second kappa shape index (κ2) is 4.84. The highest BCUT2D eigenvalue weighted by atomic mass is 79.9. The van der Waals surface area contributed by atoms with Crippen LogP contribution in [-0.4, -0.2) is 18.1 Å². The first-order valence-electron chi connectivity index (χ1n) is 6.26. The quantitative estimate of drug-likeness (QED) is 0.929.